The quantitative estimate of drug-likeness (QED) is 0.690. The van der Waals surface area contributed by atoms with Gasteiger partial charge in [0.25, 0.3) is 0 Å². The van der Waals surface area contributed by atoms with Gasteiger partial charge in [-0.2, -0.15) is 0 Å². The maximum absolute atomic E-state index is 12.7. The third-order valence-electron chi connectivity index (χ3n) is 5.60. The number of furan rings is 1. The van der Waals surface area contributed by atoms with E-state index in [2.05, 4.69) is 0 Å². The van der Waals surface area contributed by atoms with E-state index in [-0.39, 0.29) is 28.6 Å². The predicted octanol–water partition coefficient (Wildman–Crippen LogP) is 4.69. The van der Waals surface area contributed by atoms with Crippen molar-refractivity contribution in [3.8, 4) is 11.3 Å². The molecule has 0 saturated heterocycles. The molecule has 146 valence electrons. The maximum atomic E-state index is 12.7. The van der Waals surface area contributed by atoms with E-state index in [0.29, 0.717) is 6.42 Å². The first-order chi connectivity index (χ1) is 12.8. The minimum Gasteiger partial charge on any atom is -0.464 e. The molecule has 27 heavy (non-hydrogen) atoms. The highest BCUT2D eigenvalue weighted by atomic mass is 32.2. The van der Waals surface area contributed by atoms with Crippen LogP contribution in [0, 0.1) is 11.8 Å². The van der Waals surface area contributed by atoms with E-state index in [9.17, 15) is 13.2 Å². The van der Waals surface area contributed by atoms with E-state index in [1.54, 1.807) is 20.1 Å². The molecular formula is C22H28O4S. The largest absolute Gasteiger partial charge is 0.464 e. The molecule has 1 saturated carbocycles. The van der Waals surface area contributed by atoms with Gasteiger partial charge in [-0.05, 0) is 69.2 Å². The summed E-state index contributed by atoms with van der Waals surface area (Å²) in [6.07, 6.45) is 5.33. The van der Waals surface area contributed by atoms with Crippen molar-refractivity contribution in [1.29, 1.82) is 0 Å². The zero-order valence-corrected chi connectivity index (χ0v) is 16.9. The first-order valence-electron chi connectivity index (χ1n) is 9.72. The van der Waals surface area contributed by atoms with E-state index in [4.69, 9.17) is 4.42 Å². The number of carbonyl (C=O) groups excluding carboxylic acids is 1. The summed E-state index contributed by atoms with van der Waals surface area (Å²) in [4.78, 5) is 12.7. The molecule has 0 spiro atoms. The highest BCUT2D eigenvalue weighted by Crippen LogP contribution is 2.32. The van der Waals surface area contributed by atoms with Crippen molar-refractivity contribution in [2.24, 2.45) is 11.8 Å². The van der Waals surface area contributed by atoms with Crippen LogP contribution in [0.25, 0.3) is 11.3 Å². The Morgan fingerprint density at radius 3 is 2.48 bits per heavy atom. The lowest BCUT2D eigenvalue weighted by molar-refractivity contribution is -0.123. The van der Waals surface area contributed by atoms with Gasteiger partial charge in [0.2, 0.25) is 0 Å². The Kier molecular flexibility index (Phi) is 6.20. The number of ketones is 1. The molecule has 0 bridgehead atoms. The van der Waals surface area contributed by atoms with Crippen molar-refractivity contribution in [1.82, 2.24) is 0 Å². The predicted molar refractivity (Wildman–Crippen MR) is 107 cm³/mol. The minimum absolute atomic E-state index is 0.0512. The van der Waals surface area contributed by atoms with E-state index >= 15 is 0 Å². The number of hydrogen-bond donors (Lipinski definition) is 0. The first kappa shape index (κ1) is 19.9. The van der Waals surface area contributed by atoms with E-state index in [0.717, 1.165) is 42.6 Å². The topological polar surface area (TPSA) is 64.3 Å². The van der Waals surface area contributed by atoms with Gasteiger partial charge >= 0.3 is 0 Å². The van der Waals surface area contributed by atoms with Gasteiger partial charge in [0.15, 0.2) is 9.84 Å². The number of Topliss-reactive ketones (excluding diaryl/α,β-unsaturated/α-hetero) is 1. The van der Waals surface area contributed by atoms with Crippen LogP contribution in [-0.2, 0) is 21.1 Å². The van der Waals surface area contributed by atoms with Gasteiger partial charge < -0.3 is 4.42 Å². The van der Waals surface area contributed by atoms with Crippen molar-refractivity contribution in [3.05, 3.63) is 48.2 Å². The standard InChI is InChI=1S/C22H28O4S/c1-16(2)27(24,25)15-17-8-10-19(11-9-17)21(23)14-18-5-3-6-20(13-18)22-7-4-12-26-22/h3-7,12-13,16-17,19H,8-11,14-15H2,1-2H3. The molecule has 1 aliphatic carbocycles. The van der Waals surface area contributed by atoms with Crippen LogP contribution in [-0.4, -0.2) is 25.2 Å². The summed E-state index contributed by atoms with van der Waals surface area (Å²) in [6.45, 7) is 3.47. The van der Waals surface area contributed by atoms with E-state index in [1.807, 2.05) is 36.4 Å². The third kappa shape index (κ3) is 5.10. The average Bonchev–Trinajstić information content (AvgIpc) is 3.17. The summed E-state index contributed by atoms with van der Waals surface area (Å²) in [5.41, 5.74) is 1.98. The van der Waals surface area contributed by atoms with Crippen LogP contribution < -0.4 is 0 Å². The van der Waals surface area contributed by atoms with Crippen molar-refractivity contribution in [2.75, 3.05) is 5.75 Å². The van der Waals surface area contributed by atoms with Crippen molar-refractivity contribution in [3.63, 3.8) is 0 Å². The lowest BCUT2D eigenvalue weighted by atomic mass is 9.79. The fourth-order valence-corrected chi connectivity index (χ4v) is 5.17. The Balaban J connectivity index is 1.55. The van der Waals surface area contributed by atoms with Crippen LogP contribution >= 0.6 is 0 Å². The second kappa shape index (κ2) is 8.42. The van der Waals surface area contributed by atoms with Crippen LogP contribution in [0.4, 0.5) is 0 Å². The molecule has 0 unspecified atom stereocenters. The molecule has 1 heterocycles. The van der Waals surface area contributed by atoms with Crippen molar-refractivity contribution >= 4 is 15.6 Å². The lowest BCUT2D eigenvalue weighted by Gasteiger charge is -2.28. The SMILES string of the molecule is CC(C)S(=O)(=O)CC1CCC(C(=O)Cc2cccc(-c3ccco3)c2)CC1. The van der Waals surface area contributed by atoms with E-state index < -0.39 is 9.84 Å². The minimum atomic E-state index is -3.00. The number of rotatable bonds is 7. The van der Waals surface area contributed by atoms with Gasteiger partial charge in [0.1, 0.15) is 11.5 Å². The van der Waals surface area contributed by atoms with Gasteiger partial charge in [-0.3, -0.25) is 4.79 Å². The maximum Gasteiger partial charge on any atom is 0.152 e. The monoisotopic (exact) mass is 388 g/mol. The smallest absolute Gasteiger partial charge is 0.152 e. The molecule has 1 fully saturated rings. The zero-order valence-electron chi connectivity index (χ0n) is 16.1. The molecule has 3 rings (SSSR count). The molecular weight excluding hydrogens is 360 g/mol. The molecule has 1 aliphatic rings. The summed E-state index contributed by atoms with van der Waals surface area (Å²) in [6, 6.07) is 11.7. The van der Waals surface area contributed by atoms with Crippen LogP contribution in [0.3, 0.4) is 0 Å². The summed E-state index contributed by atoms with van der Waals surface area (Å²) in [5, 5.41) is -0.321. The Hall–Kier alpha value is -1.88. The first-order valence-corrected chi connectivity index (χ1v) is 11.4. The number of benzene rings is 1. The molecule has 0 N–H and O–H groups in total. The molecule has 0 amide bonds. The number of hydrogen-bond acceptors (Lipinski definition) is 4. The van der Waals surface area contributed by atoms with Crippen LogP contribution in [0.2, 0.25) is 0 Å². The van der Waals surface area contributed by atoms with Gasteiger partial charge in [-0.1, -0.05) is 18.2 Å². The Bertz CT molecular complexity index is 857. The van der Waals surface area contributed by atoms with Gasteiger partial charge in [-0.25, -0.2) is 8.42 Å². The lowest BCUT2D eigenvalue weighted by Crippen LogP contribution is -2.29. The van der Waals surface area contributed by atoms with Crippen LogP contribution in [0.1, 0.15) is 45.1 Å². The molecule has 2 aromatic rings. The van der Waals surface area contributed by atoms with Crippen molar-refractivity contribution < 1.29 is 17.6 Å². The number of carbonyl (C=O) groups is 1. The molecule has 1 aromatic carbocycles. The third-order valence-corrected chi connectivity index (χ3v) is 7.97. The molecule has 1 aromatic heterocycles. The number of sulfone groups is 1. The normalized spacial score (nSPS) is 20.7. The van der Waals surface area contributed by atoms with Crippen LogP contribution in [0.5, 0.6) is 0 Å². The Morgan fingerprint density at radius 1 is 1.11 bits per heavy atom. The summed E-state index contributed by atoms with van der Waals surface area (Å²) >= 11 is 0. The summed E-state index contributed by atoms with van der Waals surface area (Å²) in [7, 11) is -3.00. The fourth-order valence-electron chi connectivity index (χ4n) is 3.79. The highest BCUT2D eigenvalue weighted by molar-refractivity contribution is 7.91. The molecule has 0 aliphatic heterocycles. The highest BCUT2D eigenvalue weighted by Gasteiger charge is 2.30. The van der Waals surface area contributed by atoms with Gasteiger partial charge in [-0.15, -0.1) is 0 Å². The van der Waals surface area contributed by atoms with E-state index in [1.165, 1.54) is 0 Å². The second-order valence-electron chi connectivity index (χ2n) is 7.92. The summed E-state index contributed by atoms with van der Waals surface area (Å²) in [5.74, 6) is 1.57. The average molecular weight is 389 g/mol. The zero-order chi connectivity index (χ0) is 19.4. The summed E-state index contributed by atoms with van der Waals surface area (Å²) < 4.78 is 29.6. The molecule has 5 heteroatoms. The molecule has 0 radical (unpaired) electrons. The van der Waals surface area contributed by atoms with Crippen LogP contribution in [0.15, 0.2) is 47.1 Å². The second-order valence-corrected chi connectivity index (χ2v) is 10.5. The van der Waals surface area contributed by atoms with Crippen molar-refractivity contribution in [2.45, 2.75) is 51.2 Å². The molecule has 4 nitrogen and oxygen atoms in total. The fraction of sp³-hybridized carbons (Fsp3) is 0.500. The molecule has 0 atom stereocenters. The Labute approximate surface area is 161 Å². The Morgan fingerprint density at radius 2 is 1.85 bits per heavy atom. The van der Waals surface area contributed by atoms with Gasteiger partial charge in [0, 0.05) is 17.9 Å². The van der Waals surface area contributed by atoms with Gasteiger partial charge in [0.05, 0.1) is 17.3 Å².